The first-order valence-electron chi connectivity index (χ1n) is 2.90. The third-order valence-electron chi connectivity index (χ3n) is 1.11. The number of halogens is 1. The number of aromatic nitrogens is 2. The van der Waals surface area contributed by atoms with E-state index < -0.39 is 11.9 Å². The van der Waals surface area contributed by atoms with Crippen molar-refractivity contribution in [2.45, 2.75) is 0 Å². The molecule has 0 aromatic carbocycles. The Morgan fingerprint density at radius 3 is 1.77 bits per heavy atom. The molecule has 7 heteroatoms. The van der Waals surface area contributed by atoms with Crippen LogP contribution in [0.1, 0.15) is 21.0 Å². The maximum absolute atomic E-state index is 10.3. The molecule has 0 unspecified atom stereocenters. The van der Waals surface area contributed by atoms with Crippen molar-refractivity contribution in [1.82, 2.24) is 9.97 Å². The van der Waals surface area contributed by atoms with Crippen LogP contribution in [-0.4, -0.2) is 32.1 Å². The van der Waals surface area contributed by atoms with Crippen molar-refractivity contribution >= 4 is 11.9 Å². The maximum Gasteiger partial charge on any atom is 0.354 e. The first-order valence-corrected chi connectivity index (χ1v) is 2.90. The summed E-state index contributed by atoms with van der Waals surface area (Å²) in [7, 11) is 0. The van der Waals surface area contributed by atoms with Crippen molar-refractivity contribution in [2.75, 3.05) is 0 Å². The number of carboxylic acid groups (broad SMARTS) is 2. The van der Waals surface area contributed by atoms with Crippen molar-refractivity contribution in [2.24, 2.45) is 0 Å². The lowest BCUT2D eigenvalue weighted by Crippen LogP contribution is -2.06. The van der Waals surface area contributed by atoms with Crippen LogP contribution in [0.4, 0.5) is 4.70 Å². The Morgan fingerprint density at radius 1 is 1.08 bits per heavy atom. The molecule has 0 aliphatic carbocycles. The standard InChI is InChI=1S/C6H4N2O4.FH/c9-5(10)3-1-4(6(11)12)8-2-7-3;/h1-2H,(H,9,10)(H,11,12);1H. The predicted molar refractivity (Wildman–Crippen MR) is 38.5 cm³/mol. The summed E-state index contributed by atoms with van der Waals surface area (Å²) >= 11 is 0. The molecule has 2 N–H and O–H groups in total. The third-order valence-corrected chi connectivity index (χ3v) is 1.11. The first-order chi connectivity index (χ1) is 5.61. The highest BCUT2D eigenvalue weighted by atomic mass is 19.0. The molecule has 1 heterocycles. The average molecular weight is 188 g/mol. The van der Waals surface area contributed by atoms with E-state index in [0.717, 1.165) is 12.4 Å². The van der Waals surface area contributed by atoms with Crippen molar-refractivity contribution in [3.63, 3.8) is 0 Å². The number of carboxylic acids is 2. The van der Waals surface area contributed by atoms with E-state index in [2.05, 4.69) is 9.97 Å². The van der Waals surface area contributed by atoms with E-state index >= 15 is 0 Å². The lowest BCUT2D eigenvalue weighted by atomic mass is 10.3. The van der Waals surface area contributed by atoms with Gasteiger partial charge in [0.05, 0.1) is 0 Å². The summed E-state index contributed by atoms with van der Waals surface area (Å²) in [6, 6.07) is 0.894. The largest absolute Gasteiger partial charge is 0.477 e. The van der Waals surface area contributed by atoms with Crippen molar-refractivity contribution in [3.8, 4) is 0 Å². The zero-order chi connectivity index (χ0) is 9.14. The fourth-order valence-corrected chi connectivity index (χ4v) is 0.591. The molecule has 0 saturated carbocycles. The number of rotatable bonds is 2. The monoisotopic (exact) mass is 188 g/mol. The topological polar surface area (TPSA) is 100 Å². The molecule has 0 bridgehead atoms. The molecule has 0 saturated heterocycles. The number of carbonyl (C=O) groups is 2. The molecule has 0 amide bonds. The second-order valence-electron chi connectivity index (χ2n) is 1.90. The van der Waals surface area contributed by atoms with E-state index in [4.69, 9.17) is 10.2 Å². The van der Waals surface area contributed by atoms with Gasteiger partial charge < -0.3 is 10.2 Å². The summed E-state index contributed by atoms with van der Waals surface area (Å²) in [5.41, 5.74) is -0.662. The van der Waals surface area contributed by atoms with Crippen LogP contribution in [0.15, 0.2) is 12.4 Å². The summed E-state index contributed by atoms with van der Waals surface area (Å²) in [5, 5.41) is 16.8. The highest BCUT2D eigenvalue weighted by Crippen LogP contribution is 1.97. The Kier molecular flexibility index (Phi) is 3.45. The minimum atomic E-state index is -1.28. The van der Waals surface area contributed by atoms with E-state index in [-0.39, 0.29) is 16.1 Å². The Morgan fingerprint density at radius 2 is 1.46 bits per heavy atom. The number of hydrogen-bond acceptors (Lipinski definition) is 4. The molecule has 1 rings (SSSR count). The van der Waals surface area contributed by atoms with Crippen LogP contribution >= 0.6 is 0 Å². The minimum absolute atomic E-state index is 0. The molecule has 0 aliphatic rings. The molecular formula is C6H5FN2O4. The van der Waals surface area contributed by atoms with Crippen LogP contribution in [-0.2, 0) is 0 Å². The van der Waals surface area contributed by atoms with Gasteiger partial charge in [-0.3, -0.25) is 4.70 Å². The molecule has 0 atom stereocenters. The molecule has 0 radical (unpaired) electrons. The molecule has 13 heavy (non-hydrogen) atoms. The molecule has 1 aromatic rings. The fourth-order valence-electron chi connectivity index (χ4n) is 0.591. The van der Waals surface area contributed by atoms with Crippen LogP contribution in [0.3, 0.4) is 0 Å². The predicted octanol–water partition coefficient (Wildman–Crippen LogP) is 0.0255. The van der Waals surface area contributed by atoms with Gasteiger partial charge in [-0.15, -0.1) is 0 Å². The van der Waals surface area contributed by atoms with Crippen LogP contribution < -0.4 is 0 Å². The van der Waals surface area contributed by atoms with E-state index in [0.29, 0.717) is 0 Å². The highest BCUT2D eigenvalue weighted by Gasteiger charge is 2.09. The summed E-state index contributed by atoms with van der Waals surface area (Å²) in [6.45, 7) is 0. The van der Waals surface area contributed by atoms with Gasteiger partial charge in [-0.05, 0) is 0 Å². The van der Waals surface area contributed by atoms with Crippen LogP contribution in [0.5, 0.6) is 0 Å². The summed E-state index contributed by atoms with van der Waals surface area (Å²) in [4.78, 5) is 27.3. The summed E-state index contributed by atoms with van der Waals surface area (Å²) in [5.74, 6) is -2.56. The van der Waals surface area contributed by atoms with Crippen LogP contribution in [0, 0.1) is 0 Å². The van der Waals surface area contributed by atoms with Gasteiger partial charge in [-0.25, -0.2) is 19.6 Å². The SMILES string of the molecule is F.O=C(O)c1cc(C(=O)O)ncn1. The van der Waals surface area contributed by atoms with E-state index in [1.807, 2.05) is 0 Å². The molecule has 6 nitrogen and oxygen atoms in total. The Balaban J connectivity index is 0.00000144. The van der Waals surface area contributed by atoms with Crippen LogP contribution in [0.25, 0.3) is 0 Å². The van der Waals surface area contributed by atoms with Gasteiger partial charge in [-0.1, -0.05) is 0 Å². The molecule has 0 spiro atoms. The van der Waals surface area contributed by atoms with E-state index in [1.54, 1.807) is 0 Å². The lowest BCUT2D eigenvalue weighted by Gasteiger charge is -1.93. The van der Waals surface area contributed by atoms with Crippen molar-refractivity contribution in [3.05, 3.63) is 23.8 Å². The first kappa shape index (κ1) is 11.0. The summed E-state index contributed by atoms with van der Waals surface area (Å²) < 4.78 is 0. The third kappa shape index (κ3) is 2.47. The fraction of sp³-hybridized carbons (Fsp3) is 0. The molecule has 0 fully saturated rings. The summed E-state index contributed by atoms with van der Waals surface area (Å²) in [6.07, 6.45) is 0.896. The average Bonchev–Trinajstić information content (AvgIpc) is 2.04. The van der Waals surface area contributed by atoms with Gasteiger partial charge in [0.15, 0.2) is 11.4 Å². The van der Waals surface area contributed by atoms with Gasteiger partial charge in [0, 0.05) is 6.07 Å². The van der Waals surface area contributed by atoms with Crippen molar-refractivity contribution in [1.29, 1.82) is 0 Å². The minimum Gasteiger partial charge on any atom is -0.477 e. The molecule has 1 aromatic heterocycles. The highest BCUT2D eigenvalue weighted by molar-refractivity contribution is 5.90. The Bertz CT molecular complexity index is 312. The normalized spacial score (nSPS) is 8.62. The van der Waals surface area contributed by atoms with Gasteiger partial charge >= 0.3 is 11.9 Å². The van der Waals surface area contributed by atoms with Gasteiger partial charge in [-0.2, -0.15) is 0 Å². The van der Waals surface area contributed by atoms with Gasteiger partial charge in [0.1, 0.15) is 6.33 Å². The lowest BCUT2D eigenvalue weighted by molar-refractivity contribution is 0.0689. The quantitative estimate of drug-likeness (QED) is 0.678. The maximum atomic E-state index is 10.3. The number of aromatic carboxylic acids is 2. The number of hydrogen-bond donors (Lipinski definition) is 2. The Labute approximate surface area is 71.2 Å². The van der Waals surface area contributed by atoms with Gasteiger partial charge in [0.2, 0.25) is 0 Å². The molecular weight excluding hydrogens is 183 g/mol. The smallest absolute Gasteiger partial charge is 0.354 e. The second kappa shape index (κ2) is 4.10. The Hall–Kier alpha value is -2.05. The zero-order valence-electron chi connectivity index (χ0n) is 6.17. The van der Waals surface area contributed by atoms with Crippen molar-refractivity contribution < 1.29 is 24.5 Å². The van der Waals surface area contributed by atoms with Gasteiger partial charge in [0.25, 0.3) is 0 Å². The molecule has 70 valence electrons. The second-order valence-corrected chi connectivity index (χ2v) is 1.90. The van der Waals surface area contributed by atoms with Crippen LogP contribution in [0.2, 0.25) is 0 Å². The van der Waals surface area contributed by atoms with E-state index in [9.17, 15) is 9.59 Å². The number of nitrogens with zero attached hydrogens (tertiary/aromatic N) is 2. The van der Waals surface area contributed by atoms with E-state index in [1.165, 1.54) is 0 Å². The zero-order valence-corrected chi connectivity index (χ0v) is 6.17. The molecule has 0 aliphatic heterocycles.